The second-order valence-corrected chi connectivity index (χ2v) is 6.55. The van der Waals surface area contributed by atoms with E-state index in [0.717, 1.165) is 33.7 Å². The van der Waals surface area contributed by atoms with E-state index in [1.165, 1.54) is 17.8 Å². The fraction of sp³-hybridized carbons (Fsp3) is 0.222. The monoisotopic (exact) mass is 336 g/mol. The molecule has 0 aliphatic heterocycles. The lowest BCUT2D eigenvalue weighted by molar-refractivity contribution is -0.137. The minimum Gasteiger partial charge on any atom is -0.392 e. The lowest BCUT2D eigenvalue weighted by Gasteiger charge is -2.13. The summed E-state index contributed by atoms with van der Waals surface area (Å²) < 4.78 is 38.6. The zero-order chi connectivity index (χ0) is 16.6. The van der Waals surface area contributed by atoms with Crippen LogP contribution in [-0.2, 0) is 6.18 Å². The molecule has 2 aromatic carbocycles. The maximum atomic E-state index is 12.9. The Balaban J connectivity index is 1.97. The number of aliphatic hydroxyl groups is 1. The van der Waals surface area contributed by atoms with Crippen LogP contribution in [0.15, 0.2) is 58.3 Å². The van der Waals surface area contributed by atoms with Gasteiger partial charge in [-0.25, -0.2) is 0 Å². The normalized spacial score (nSPS) is 17.5. The molecule has 2 aromatic rings. The molecule has 3 rings (SSSR count). The number of thioether (sulfide) groups is 1. The van der Waals surface area contributed by atoms with E-state index >= 15 is 0 Å². The molecule has 0 aromatic heterocycles. The van der Waals surface area contributed by atoms with Crippen molar-refractivity contribution < 1.29 is 18.3 Å². The van der Waals surface area contributed by atoms with Crippen molar-refractivity contribution in [1.82, 2.24) is 0 Å². The predicted molar refractivity (Wildman–Crippen MR) is 86.2 cm³/mol. The van der Waals surface area contributed by atoms with Crippen LogP contribution in [0, 0.1) is 0 Å². The third-order valence-electron chi connectivity index (χ3n) is 3.99. The maximum Gasteiger partial charge on any atom is 0.416 e. The van der Waals surface area contributed by atoms with Crippen LogP contribution < -0.4 is 0 Å². The smallest absolute Gasteiger partial charge is 0.392 e. The number of hydrogen-bond acceptors (Lipinski definition) is 2. The van der Waals surface area contributed by atoms with Gasteiger partial charge >= 0.3 is 6.18 Å². The summed E-state index contributed by atoms with van der Waals surface area (Å²) in [7, 11) is 0. The van der Waals surface area contributed by atoms with E-state index in [-0.39, 0.29) is 12.5 Å². The quantitative estimate of drug-likeness (QED) is 0.819. The summed E-state index contributed by atoms with van der Waals surface area (Å²) in [6.07, 6.45) is -4.35. The summed E-state index contributed by atoms with van der Waals surface area (Å²) in [5, 5.41) is 9.71. The molecule has 0 heterocycles. The van der Waals surface area contributed by atoms with Gasteiger partial charge in [-0.3, -0.25) is 0 Å². The molecule has 120 valence electrons. The Morgan fingerprint density at radius 1 is 1.09 bits per heavy atom. The first-order valence-corrected chi connectivity index (χ1v) is 8.01. The number of allylic oxidation sites excluding steroid dienone is 1. The third kappa shape index (κ3) is 3.03. The Kier molecular flexibility index (Phi) is 4.25. The highest BCUT2D eigenvalue weighted by Crippen LogP contribution is 2.49. The van der Waals surface area contributed by atoms with Crippen LogP contribution in [0.3, 0.4) is 0 Å². The summed E-state index contributed by atoms with van der Waals surface area (Å²) in [6, 6.07) is 13.1. The highest BCUT2D eigenvalue weighted by molar-refractivity contribution is 8.03. The lowest BCUT2D eigenvalue weighted by Crippen LogP contribution is -2.04. The number of rotatable bonds is 3. The largest absolute Gasteiger partial charge is 0.416 e. The van der Waals surface area contributed by atoms with Crippen LogP contribution in [0.2, 0.25) is 0 Å². The summed E-state index contributed by atoms with van der Waals surface area (Å²) >= 11 is 1.30. The Morgan fingerprint density at radius 3 is 2.52 bits per heavy atom. The van der Waals surface area contributed by atoms with Crippen molar-refractivity contribution in [1.29, 1.82) is 0 Å². The molecule has 5 heteroatoms. The van der Waals surface area contributed by atoms with Crippen LogP contribution in [0.25, 0.3) is 5.57 Å². The van der Waals surface area contributed by atoms with E-state index in [1.807, 2.05) is 31.2 Å². The molecule has 0 bridgehead atoms. The molecule has 1 atom stereocenters. The van der Waals surface area contributed by atoms with Crippen molar-refractivity contribution >= 4 is 17.3 Å². The van der Waals surface area contributed by atoms with E-state index in [2.05, 4.69) is 0 Å². The summed E-state index contributed by atoms with van der Waals surface area (Å²) in [5.41, 5.74) is 2.23. The van der Waals surface area contributed by atoms with Gasteiger partial charge in [0.15, 0.2) is 0 Å². The third-order valence-corrected chi connectivity index (χ3v) is 5.30. The first kappa shape index (κ1) is 16.1. The van der Waals surface area contributed by atoms with Gasteiger partial charge in [0.05, 0.1) is 12.2 Å². The van der Waals surface area contributed by atoms with Gasteiger partial charge < -0.3 is 5.11 Å². The topological polar surface area (TPSA) is 20.2 Å². The molecule has 1 N–H and O–H groups in total. The van der Waals surface area contributed by atoms with Crippen molar-refractivity contribution in [3.05, 3.63) is 70.1 Å². The summed E-state index contributed by atoms with van der Waals surface area (Å²) in [6.45, 7) is 1.89. The van der Waals surface area contributed by atoms with Gasteiger partial charge in [0.2, 0.25) is 0 Å². The van der Waals surface area contributed by atoms with Gasteiger partial charge in [0.1, 0.15) is 0 Å². The fourth-order valence-electron chi connectivity index (χ4n) is 2.86. The van der Waals surface area contributed by atoms with Crippen LogP contribution in [0.1, 0.15) is 29.5 Å². The van der Waals surface area contributed by atoms with Gasteiger partial charge in [0.25, 0.3) is 0 Å². The van der Waals surface area contributed by atoms with E-state index in [1.54, 1.807) is 6.07 Å². The molecule has 0 spiro atoms. The van der Waals surface area contributed by atoms with Crippen LogP contribution in [-0.4, -0.2) is 11.7 Å². The molecule has 0 saturated heterocycles. The van der Waals surface area contributed by atoms with E-state index in [4.69, 9.17) is 0 Å². The molecule has 1 unspecified atom stereocenters. The molecule has 0 fully saturated rings. The number of alkyl halides is 3. The van der Waals surface area contributed by atoms with Crippen molar-refractivity contribution in [2.45, 2.75) is 23.9 Å². The van der Waals surface area contributed by atoms with Gasteiger partial charge in [-0.15, -0.1) is 0 Å². The highest BCUT2D eigenvalue weighted by atomic mass is 32.2. The second-order valence-electron chi connectivity index (χ2n) is 5.44. The van der Waals surface area contributed by atoms with Crippen molar-refractivity contribution in [3.8, 4) is 0 Å². The summed E-state index contributed by atoms with van der Waals surface area (Å²) in [4.78, 5) is 1.44. The minimum atomic E-state index is -4.35. The molecule has 1 nitrogen and oxygen atoms in total. The molecule has 1 aliphatic rings. The average molecular weight is 336 g/mol. The average Bonchev–Trinajstić information content (AvgIpc) is 2.79. The summed E-state index contributed by atoms with van der Waals surface area (Å²) in [5.74, 6) is 0.0629. The highest BCUT2D eigenvalue weighted by Gasteiger charge is 2.32. The Labute approximate surface area is 136 Å². The molecular weight excluding hydrogens is 321 g/mol. The van der Waals surface area contributed by atoms with Crippen LogP contribution in [0.4, 0.5) is 13.2 Å². The molecule has 0 saturated carbocycles. The molecular formula is C18H15F3OS. The first-order chi connectivity index (χ1) is 10.9. The van der Waals surface area contributed by atoms with Crippen LogP contribution >= 0.6 is 11.8 Å². The van der Waals surface area contributed by atoms with Gasteiger partial charge in [-0.2, -0.15) is 13.2 Å². The molecule has 0 amide bonds. The van der Waals surface area contributed by atoms with Crippen molar-refractivity contribution in [2.24, 2.45) is 0 Å². The van der Waals surface area contributed by atoms with E-state index < -0.39 is 11.7 Å². The fourth-order valence-corrected chi connectivity index (χ4v) is 4.05. The Hall–Kier alpha value is -1.72. The zero-order valence-electron chi connectivity index (χ0n) is 12.4. The van der Waals surface area contributed by atoms with E-state index in [9.17, 15) is 18.3 Å². The second kappa shape index (κ2) is 6.06. The Morgan fingerprint density at radius 2 is 1.83 bits per heavy atom. The Bertz CT molecular complexity index is 765. The number of hydrogen-bond donors (Lipinski definition) is 1. The zero-order valence-corrected chi connectivity index (χ0v) is 13.2. The standard InChI is InChI=1S/C18H15F3OS/c1-11-14-7-2-3-8-15(14)16(10-22)17(11)23-13-6-4-5-12(9-13)18(19,20)21/h2-9,11,22H,10H2,1H3. The lowest BCUT2D eigenvalue weighted by atomic mass is 10.0. The molecule has 1 aliphatic carbocycles. The van der Waals surface area contributed by atoms with Crippen molar-refractivity contribution in [2.75, 3.05) is 6.61 Å². The first-order valence-electron chi connectivity index (χ1n) is 7.20. The number of fused-ring (bicyclic) bond motifs is 1. The van der Waals surface area contributed by atoms with Crippen LogP contribution in [0.5, 0.6) is 0 Å². The van der Waals surface area contributed by atoms with Crippen molar-refractivity contribution in [3.63, 3.8) is 0 Å². The van der Waals surface area contributed by atoms with E-state index in [0.29, 0.717) is 4.90 Å². The predicted octanol–water partition coefficient (Wildman–Crippen LogP) is 5.32. The SMILES string of the molecule is CC1C(Sc2cccc(C(F)(F)F)c2)=C(CO)c2ccccc21. The number of halogens is 3. The van der Waals surface area contributed by atoms with Gasteiger partial charge in [-0.1, -0.05) is 49.0 Å². The number of benzene rings is 2. The van der Waals surface area contributed by atoms with Gasteiger partial charge in [0, 0.05) is 15.7 Å². The maximum absolute atomic E-state index is 12.9. The molecule has 23 heavy (non-hydrogen) atoms. The minimum absolute atomic E-state index is 0.0629. The number of aliphatic hydroxyl groups excluding tert-OH is 1. The molecule has 0 radical (unpaired) electrons. The van der Waals surface area contributed by atoms with Gasteiger partial charge in [-0.05, 0) is 34.9 Å².